The molecule has 0 bridgehead atoms. The second-order valence-corrected chi connectivity index (χ2v) is 4.61. The van der Waals surface area contributed by atoms with Crippen LogP contribution in [0.15, 0.2) is 50.6 Å². The van der Waals surface area contributed by atoms with Crippen molar-refractivity contribution in [2.45, 2.75) is 45.4 Å². The van der Waals surface area contributed by atoms with Crippen molar-refractivity contribution in [1.29, 1.82) is 0 Å². The maximum atomic E-state index is 3.91. The summed E-state index contributed by atoms with van der Waals surface area (Å²) in [6.07, 6.45) is 14.4. The van der Waals surface area contributed by atoms with Gasteiger partial charge in [0, 0.05) is 0 Å². The molecule has 0 aromatic rings. The number of rotatable bonds is 11. The van der Waals surface area contributed by atoms with Gasteiger partial charge in [-0.2, -0.15) is 0 Å². The van der Waals surface area contributed by atoms with E-state index >= 15 is 0 Å². The summed E-state index contributed by atoms with van der Waals surface area (Å²) in [7, 11) is 0. The van der Waals surface area contributed by atoms with Crippen LogP contribution in [0.2, 0.25) is 0 Å². The molecule has 0 unspecified atom stereocenters. The normalized spacial score (nSPS) is 11.2. The zero-order valence-electron chi connectivity index (χ0n) is 11.4. The van der Waals surface area contributed by atoms with Gasteiger partial charge in [0.1, 0.15) is 0 Å². The van der Waals surface area contributed by atoms with Crippen molar-refractivity contribution in [2.24, 2.45) is 5.41 Å². The lowest BCUT2D eigenvalue weighted by molar-refractivity contribution is 0.271. The molecule has 0 aliphatic carbocycles. The van der Waals surface area contributed by atoms with Gasteiger partial charge in [-0.15, -0.1) is 26.3 Å². The number of allylic oxidation sites excluding steroid dienone is 4. The maximum absolute atomic E-state index is 3.91. The van der Waals surface area contributed by atoms with Crippen LogP contribution in [0.3, 0.4) is 0 Å². The van der Waals surface area contributed by atoms with Gasteiger partial charge in [-0.05, 0) is 43.4 Å². The third kappa shape index (κ3) is 4.77. The first-order valence-electron chi connectivity index (χ1n) is 6.49. The highest BCUT2D eigenvalue weighted by molar-refractivity contribution is 5.15. The van der Waals surface area contributed by atoms with Crippen LogP contribution in [0.4, 0.5) is 0 Å². The molecular formula is C17H27. The highest BCUT2D eigenvalue weighted by Crippen LogP contribution is 2.46. The SMILES string of the molecule is C=CC[C](CC=C)C(CC=C)(CC=C)CCC. The van der Waals surface area contributed by atoms with Gasteiger partial charge in [-0.1, -0.05) is 37.6 Å². The first-order chi connectivity index (χ1) is 8.20. The van der Waals surface area contributed by atoms with E-state index < -0.39 is 0 Å². The molecule has 17 heavy (non-hydrogen) atoms. The summed E-state index contributed by atoms with van der Waals surface area (Å²) in [6.45, 7) is 17.8. The molecule has 1 radical (unpaired) electrons. The molecule has 95 valence electrons. The van der Waals surface area contributed by atoms with Crippen molar-refractivity contribution in [3.05, 3.63) is 56.5 Å². The molecule has 0 heteroatoms. The maximum Gasteiger partial charge on any atom is -0.00984 e. The molecule has 0 N–H and O–H groups in total. The average molecular weight is 231 g/mol. The van der Waals surface area contributed by atoms with E-state index in [1.807, 2.05) is 24.3 Å². The molecule has 0 spiro atoms. The summed E-state index contributed by atoms with van der Waals surface area (Å²) in [6, 6.07) is 0. The van der Waals surface area contributed by atoms with E-state index in [0.29, 0.717) is 0 Å². The zero-order valence-corrected chi connectivity index (χ0v) is 11.4. The molecule has 0 atom stereocenters. The quantitative estimate of drug-likeness (QED) is 0.403. The third-order valence-corrected chi connectivity index (χ3v) is 3.33. The van der Waals surface area contributed by atoms with E-state index in [1.54, 1.807) is 0 Å². The topological polar surface area (TPSA) is 0 Å². The van der Waals surface area contributed by atoms with Gasteiger partial charge in [-0.3, -0.25) is 0 Å². The molecule has 0 nitrogen and oxygen atoms in total. The van der Waals surface area contributed by atoms with Gasteiger partial charge < -0.3 is 0 Å². The first kappa shape index (κ1) is 16.0. The monoisotopic (exact) mass is 231 g/mol. The van der Waals surface area contributed by atoms with Gasteiger partial charge in [0.15, 0.2) is 0 Å². The Morgan fingerprint density at radius 1 is 0.882 bits per heavy atom. The summed E-state index contributed by atoms with van der Waals surface area (Å²) in [4.78, 5) is 0. The molecule has 0 rings (SSSR count). The minimum atomic E-state index is 0.209. The van der Waals surface area contributed by atoms with Crippen molar-refractivity contribution >= 4 is 0 Å². The Hall–Kier alpha value is -1.04. The van der Waals surface area contributed by atoms with Crippen LogP contribution in [-0.2, 0) is 0 Å². The van der Waals surface area contributed by atoms with Gasteiger partial charge in [0.05, 0.1) is 0 Å². The molecule has 0 amide bonds. The fourth-order valence-corrected chi connectivity index (χ4v) is 2.65. The average Bonchev–Trinajstić information content (AvgIpc) is 2.29. The standard InChI is InChI=1S/C17H27/c1-6-11-16(12-7-2)17(13-8-3,14-9-4)15-10-5/h6-9H,1-4,10-15H2,5H3. The Kier molecular flexibility index (Phi) is 8.49. The number of hydrogen-bond donors (Lipinski definition) is 0. The fourth-order valence-electron chi connectivity index (χ4n) is 2.65. The zero-order chi connectivity index (χ0) is 13.1. The predicted octanol–water partition coefficient (Wildman–Crippen LogP) is 5.65. The van der Waals surface area contributed by atoms with E-state index in [4.69, 9.17) is 0 Å². The van der Waals surface area contributed by atoms with Crippen LogP contribution < -0.4 is 0 Å². The molecule has 0 aromatic carbocycles. The van der Waals surface area contributed by atoms with Crippen molar-refractivity contribution in [3.63, 3.8) is 0 Å². The van der Waals surface area contributed by atoms with E-state index in [-0.39, 0.29) is 5.41 Å². The Bertz CT molecular complexity index is 227. The number of hydrogen-bond acceptors (Lipinski definition) is 0. The second-order valence-electron chi connectivity index (χ2n) is 4.61. The van der Waals surface area contributed by atoms with Crippen molar-refractivity contribution < 1.29 is 0 Å². The van der Waals surface area contributed by atoms with Crippen molar-refractivity contribution in [2.75, 3.05) is 0 Å². The summed E-state index contributed by atoms with van der Waals surface area (Å²) in [5.74, 6) is 1.52. The largest absolute Gasteiger partial charge is 0.103 e. The molecule has 0 aromatic heterocycles. The van der Waals surface area contributed by atoms with Crippen molar-refractivity contribution in [1.82, 2.24) is 0 Å². The molecular weight excluding hydrogens is 204 g/mol. The summed E-state index contributed by atoms with van der Waals surface area (Å²) >= 11 is 0. The van der Waals surface area contributed by atoms with Crippen LogP contribution in [0, 0.1) is 11.3 Å². The smallest absolute Gasteiger partial charge is 0.00984 e. The molecule has 0 heterocycles. The van der Waals surface area contributed by atoms with E-state index in [9.17, 15) is 0 Å². The highest BCUT2D eigenvalue weighted by atomic mass is 14.4. The summed E-state index contributed by atoms with van der Waals surface area (Å²) < 4.78 is 0. The van der Waals surface area contributed by atoms with Crippen LogP contribution in [-0.4, -0.2) is 0 Å². The Balaban J connectivity index is 5.12. The van der Waals surface area contributed by atoms with Crippen LogP contribution in [0.25, 0.3) is 0 Å². The summed E-state index contributed by atoms with van der Waals surface area (Å²) in [5, 5.41) is 0. The van der Waals surface area contributed by atoms with E-state index in [0.717, 1.165) is 25.7 Å². The fraction of sp³-hybridized carbons (Fsp3) is 0.471. The predicted molar refractivity (Wildman–Crippen MR) is 79.8 cm³/mol. The van der Waals surface area contributed by atoms with Crippen LogP contribution in [0.1, 0.15) is 45.4 Å². The lowest BCUT2D eigenvalue weighted by Gasteiger charge is -2.39. The Morgan fingerprint density at radius 2 is 1.35 bits per heavy atom. The van der Waals surface area contributed by atoms with E-state index in [1.165, 1.54) is 18.8 Å². The molecule has 0 saturated carbocycles. The molecule has 0 aliphatic heterocycles. The van der Waals surface area contributed by atoms with Crippen molar-refractivity contribution in [3.8, 4) is 0 Å². The minimum Gasteiger partial charge on any atom is -0.103 e. The first-order valence-corrected chi connectivity index (χ1v) is 6.49. The summed E-state index contributed by atoms with van der Waals surface area (Å²) in [5.41, 5.74) is 0.209. The Morgan fingerprint density at radius 3 is 1.65 bits per heavy atom. The highest BCUT2D eigenvalue weighted by Gasteiger charge is 2.34. The van der Waals surface area contributed by atoms with Gasteiger partial charge in [0.2, 0.25) is 0 Å². The molecule has 0 aliphatic rings. The molecule has 0 saturated heterocycles. The second kappa shape index (κ2) is 9.04. The van der Waals surface area contributed by atoms with Crippen LogP contribution in [0.5, 0.6) is 0 Å². The van der Waals surface area contributed by atoms with E-state index in [2.05, 4.69) is 33.2 Å². The van der Waals surface area contributed by atoms with Crippen LogP contribution >= 0.6 is 0 Å². The van der Waals surface area contributed by atoms with Gasteiger partial charge >= 0.3 is 0 Å². The Labute approximate surface area is 108 Å². The lowest BCUT2D eigenvalue weighted by Crippen LogP contribution is -2.28. The lowest BCUT2D eigenvalue weighted by atomic mass is 9.65. The minimum absolute atomic E-state index is 0.209. The third-order valence-electron chi connectivity index (χ3n) is 3.33. The molecule has 0 fully saturated rings. The van der Waals surface area contributed by atoms with Gasteiger partial charge in [0.25, 0.3) is 0 Å². The van der Waals surface area contributed by atoms with Gasteiger partial charge in [-0.25, -0.2) is 0 Å².